The Labute approximate surface area is 160 Å². The van der Waals surface area contributed by atoms with E-state index in [1.165, 1.54) is 5.56 Å². The lowest BCUT2D eigenvalue weighted by Gasteiger charge is -2.34. The first-order valence-corrected chi connectivity index (χ1v) is 9.39. The maximum Gasteiger partial charge on any atom is 0.227 e. The molecule has 0 aliphatic carbocycles. The molecule has 3 rings (SSSR count). The van der Waals surface area contributed by atoms with Gasteiger partial charge in [-0.25, -0.2) is 0 Å². The number of methoxy groups -OCH3 is 1. The van der Waals surface area contributed by atoms with Gasteiger partial charge in [0.1, 0.15) is 5.75 Å². The van der Waals surface area contributed by atoms with Crippen LogP contribution in [0.15, 0.2) is 48.5 Å². The van der Waals surface area contributed by atoms with Crippen molar-refractivity contribution in [1.29, 1.82) is 0 Å². The van der Waals surface area contributed by atoms with E-state index >= 15 is 0 Å². The number of benzene rings is 2. The number of rotatable bonds is 6. The number of amides is 1. The van der Waals surface area contributed by atoms with Gasteiger partial charge in [0.15, 0.2) is 0 Å². The Morgan fingerprint density at radius 2 is 1.77 bits per heavy atom. The second-order valence-corrected chi connectivity index (χ2v) is 7.06. The molecule has 0 radical (unpaired) electrons. The number of piperazine rings is 1. The van der Waals surface area contributed by atoms with Crippen molar-refractivity contribution in [1.82, 2.24) is 9.80 Å². The first-order valence-electron chi connectivity index (χ1n) is 9.01. The molecule has 2 aromatic carbocycles. The Morgan fingerprint density at radius 3 is 2.46 bits per heavy atom. The van der Waals surface area contributed by atoms with E-state index in [9.17, 15) is 4.79 Å². The normalized spacial score (nSPS) is 15.1. The molecule has 0 spiro atoms. The lowest BCUT2D eigenvalue weighted by atomic mass is 10.1. The van der Waals surface area contributed by atoms with E-state index < -0.39 is 0 Å². The van der Waals surface area contributed by atoms with Crippen LogP contribution in [0.1, 0.15) is 11.1 Å². The summed E-state index contributed by atoms with van der Waals surface area (Å²) in [7, 11) is 1.69. The smallest absolute Gasteiger partial charge is 0.227 e. The van der Waals surface area contributed by atoms with Gasteiger partial charge in [0.2, 0.25) is 5.91 Å². The highest BCUT2D eigenvalue weighted by Crippen LogP contribution is 2.14. The summed E-state index contributed by atoms with van der Waals surface area (Å²) in [4.78, 5) is 16.9. The van der Waals surface area contributed by atoms with E-state index in [2.05, 4.69) is 17.0 Å². The van der Waals surface area contributed by atoms with Crippen LogP contribution in [-0.2, 0) is 17.6 Å². The van der Waals surface area contributed by atoms with Crippen LogP contribution in [0.4, 0.5) is 0 Å². The molecule has 26 heavy (non-hydrogen) atoms. The minimum atomic E-state index is 0.194. The molecule has 4 nitrogen and oxygen atoms in total. The molecular weight excluding hydrogens is 348 g/mol. The summed E-state index contributed by atoms with van der Waals surface area (Å²) in [6, 6.07) is 15.7. The van der Waals surface area contributed by atoms with Crippen molar-refractivity contribution in [3.05, 3.63) is 64.7 Å². The minimum Gasteiger partial charge on any atom is -0.497 e. The average molecular weight is 373 g/mol. The van der Waals surface area contributed by atoms with Crippen molar-refractivity contribution in [3.8, 4) is 5.75 Å². The van der Waals surface area contributed by atoms with Crippen LogP contribution in [-0.4, -0.2) is 55.5 Å². The summed E-state index contributed by atoms with van der Waals surface area (Å²) < 4.78 is 5.28. The van der Waals surface area contributed by atoms with Gasteiger partial charge in [-0.1, -0.05) is 35.9 Å². The Hall–Kier alpha value is -2.04. The van der Waals surface area contributed by atoms with Crippen molar-refractivity contribution in [2.75, 3.05) is 39.8 Å². The molecule has 1 aliphatic heterocycles. The van der Waals surface area contributed by atoms with Gasteiger partial charge in [0.05, 0.1) is 13.5 Å². The Morgan fingerprint density at radius 1 is 1.04 bits per heavy atom. The topological polar surface area (TPSA) is 32.8 Å². The molecule has 0 saturated carbocycles. The standard InChI is InChI=1S/C21H25ClN2O2/c1-26-20-4-2-3-17(15-20)9-10-23-11-13-24(14-12-23)21(25)16-18-5-7-19(22)8-6-18/h2-8,15H,9-14,16H2,1H3. The fraction of sp³-hybridized carbons (Fsp3) is 0.381. The summed E-state index contributed by atoms with van der Waals surface area (Å²) in [5, 5.41) is 0.700. The molecular formula is C21H25ClN2O2. The maximum absolute atomic E-state index is 12.5. The summed E-state index contributed by atoms with van der Waals surface area (Å²) in [6.45, 7) is 4.45. The highest BCUT2D eigenvalue weighted by atomic mass is 35.5. The zero-order chi connectivity index (χ0) is 18.4. The largest absolute Gasteiger partial charge is 0.497 e. The monoisotopic (exact) mass is 372 g/mol. The summed E-state index contributed by atoms with van der Waals surface area (Å²) in [6.07, 6.45) is 1.44. The molecule has 1 fully saturated rings. The van der Waals surface area contributed by atoms with Gasteiger partial charge in [-0.2, -0.15) is 0 Å². The van der Waals surface area contributed by atoms with E-state index in [1.54, 1.807) is 7.11 Å². The molecule has 2 aromatic rings. The van der Waals surface area contributed by atoms with Crippen molar-refractivity contribution in [3.63, 3.8) is 0 Å². The minimum absolute atomic E-state index is 0.194. The number of nitrogens with zero attached hydrogens (tertiary/aromatic N) is 2. The molecule has 1 heterocycles. The number of carbonyl (C=O) groups excluding carboxylic acids is 1. The zero-order valence-electron chi connectivity index (χ0n) is 15.2. The third-order valence-electron chi connectivity index (χ3n) is 4.84. The van der Waals surface area contributed by atoms with E-state index in [4.69, 9.17) is 16.3 Å². The molecule has 0 bridgehead atoms. The van der Waals surface area contributed by atoms with Crippen molar-refractivity contribution >= 4 is 17.5 Å². The first-order chi connectivity index (χ1) is 12.6. The van der Waals surface area contributed by atoms with Crippen LogP contribution in [0.3, 0.4) is 0 Å². The van der Waals surface area contributed by atoms with Gasteiger partial charge in [-0.3, -0.25) is 9.69 Å². The van der Waals surface area contributed by atoms with Crippen LogP contribution in [0, 0.1) is 0 Å². The number of halogens is 1. The summed E-state index contributed by atoms with van der Waals surface area (Å²) in [5.41, 5.74) is 2.30. The highest BCUT2D eigenvalue weighted by Gasteiger charge is 2.20. The SMILES string of the molecule is COc1cccc(CCN2CCN(C(=O)Cc3ccc(Cl)cc3)CC2)c1. The Kier molecular flexibility index (Phi) is 6.53. The van der Waals surface area contributed by atoms with E-state index in [0.717, 1.165) is 50.5 Å². The molecule has 1 aliphatic rings. The fourth-order valence-corrected chi connectivity index (χ4v) is 3.35. The van der Waals surface area contributed by atoms with Gasteiger partial charge >= 0.3 is 0 Å². The van der Waals surface area contributed by atoms with Crippen LogP contribution >= 0.6 is 11.6 Å². The van der Waals surface area contributed by atoms with E-state index in [-0.39, 0.29) is 5.91 Å². The van der Waals surface area contributed by atoms with Crippen molar-refractivity contribution in [2.45, 2.75) is 12.8 Å². The molecule has 0 atom stereocenters. The van der Waals surface area contributed by atoms with Crippen molar-refractivity contribution in [2.24, 2.45) is 0 Å². The van der Waals surface area contributed by atoms with Gasteiger partial charge in [-0.05, 0) is 41.8 Å². The van der Waals surface area contributed by atoms with Crippen LogP contribution < -0.4 is 4.74 Å². The zero-order valence-corrected chi connectivity index (χ0v) is 15.9. The highest BCUT2D eigenvalue weighted by molar-refractivity contribution is 6.30. The molecule has 1 amide bonds. The van der Waals surface area contributed by atoms with Crippen LogP contribution in [0.2, 0.25) is 5.02 Å². The third kappa shape index (κ3) is 5.23. The van der Waals surface area contributed by atoms with Crippen molar-refractivity contribution < 1.29 is 9.53 Å². The van der Waals surface area contributed by atoms with E-state index in [0.29, 0.717) is 11.4 Å². The lowest BCUT2D eigenvalue weighted by molar-refractivity contribution is -0.132. The van der Waals surface area contributed by atoms with Crippen LogP contribution in [0.25, 0.3) is 0 Å². The Bertz CT molecular complexity index is 725. The molecule has 138 valence electrons. The van der Waals surface area contributed by atoms with E-state index in [1.807, 2.05) is 41.3 Å². The molecule has 0 N–H and O–H groups in total. The number of hydrogen-bond acceptors (Lipinski definition) is 3. The second kappa shape index (κ2) is 9.06. The maximum atomic E-state index is 12.5. The molecule has 0 aromatic heterocycles. The second-order valence-electron chi connectivity index (χ2n) is 6.63. The summed E-state index contributed by atoms with van der Waals surface area (Å²) in [5.74, 6) is 1.10. The Balaban J connectivity index is 1.43. The summed E-state index contributed by atoms with van der Waals surface area (Å²) >= 11 is 5.90. The van der Waals surface area contributed by atoms with Crippen LogP contribution in [0.5, 0.6) is 5.75 Å². The fourth-order valence-electron chi connectivity index (χ4n) is 3.22. The van der Waals surface area contributed by atoms with Gasteiger partial charge in [0.25, 0.3) is 0 Å². The average Bonchev–Trinajstić information content (AvgIpc) is 2.68. The molecule has 0 unspecified atom stereocenters. The predicted molar refractivity (Wildman–Crippen MR) is 105 cm³/mol. The number of hydrogen-bond donors (Lipinski definition) is 0. The molecule has 5 heteroatoms. The lowest BCUT2D eigenvalue weighted by Crippen LogP contribution is -2.49. The number of carbonyl (C=O) groups is 1. The van der Waals surface area contributed by atoms with Gasteiger partial charge < -0.3 is 9.64 Å². The predicted octanol–water partition coefficient (Wildman–Crippen LogP) is 3.28. The molecule has 1 saturated heterocycles. The van der Waals surface area contributed by atoms with Gasteiger partial charge in [0, 0.05) is 37.7 Å². The third-order valence-corrected chi connectivity index (χ3v) is 5.10. The van der Waals surface area contributed by atoms with Gasteiger partial charge in [-0.15, -0.1) is 0 Å². The number of ether oxygens (including phenoxy) is 1. The first kappa shape index (κ1) is 18.7. The quantitative estimate of drug-likeness (QED) is 0.780.